The van der Waals surface area contributed by atoms with E-state index in [4.69, 9.17) is 4.74 Å². The van der Waals surface area contributed by atoms with Crippen LogP contribution in [0.3, 0.4) is 0 Å². The molecule has 1 aromatic rings. The zero-order chi connectivity index (χ0) is 15.4. The number of nitrogens with zero attached hydrogens (tertiary/aromatic N) is 3. The Balaban J connectivity index is 2.09. The molecule has 1 N–H and O–H groups in total. The summed E-state index contributed by atoms with van der Waals surface area (Å²) in [6.07, 6.45) is 0. The predicted octanol–water partition coefficient (Wildman–Crippen LogP) is 1.26. The van der Waals surface area contributed by atoms with Crippen LogP contribution in [0.2, 0.25) is 0 Å². The van der Waals surface area contributed by atoms with E-state index >= 15 is 0 Å². The van der Waals surface area contributed by atoms with Crippen molar-refractivity contribution in [2.45, 2.75) is 6.04 Å². The number of piperazine rings is 1. The number of rotatable bonds is 5. The summed E-state index contributed by atoms with van der Waals surface area (Å²) in [4.78, 5) is 15.3. The van der Waals surface area contributed by atoms with Crippen molar-refractivity contribution in [2.24, 2.45) is 0 Å². The van der Waals surface area contributed by atoms with E-state index in [-0.39, 0.29) is 10.6 Å². The van der Waals surface area contributed by atoms with E-state index < -0.39 is 0 Å². The molecule has 1 aliphatic heterocycles. The number of nitro benzene ring substituents is 1. The van der Waals surface area contributed by atoms with Crippen molar-refractivity contribution in [1.29, 1.82) is 0 Å². The molecule has 0 saturated carbocycles. The Morgan fingerprint density at radius 1 is 1.43 bits per heavy atom. The van der Waals surface area contributed by atoms with Crippen molar-refractivity contribution in [3.05, 3.63) is 28.3 Å². The highest BCUT2D eigenvalue weighted by Crippen LogP contribution is 2.28. The first-order valence-corrected chi connectivity index (χ1v) is 6.96. The van der Waals surface area contributed by atoms with Crippen molar-refractivity contribution < 1.29 is 9.66 Å². The molecule has 1 saturated heterocycles. The minimum Gasteiger partial charge on any atom is -0.497 e. The molecule has 7 nitrogen and oxygen atoms in total. The lowest BCUT2D eigenvalue weighted by Gasteiger charge is -2.37. The van der Waals surface area contributed by atoms with Crippen LogP contribution in [0.4, 0.5) is 11.4 Å². The molecule has 1 heterocycles. The molecule has 0 bridgehead atoms. The van der Waals surface area contributed by atoms with Gasteiger partial charge in [0.25, 0.3) is 5.69 Å². The van der Waals surface area contributed by atoms with Crippen LogP contribution in [0.1, 0.15) is 0 Å². The number of methoxy groups -OCH3 is 1. The normalized spacial score (nSPS) is 20.2. The molecule has 21 heavy (non-hydrogen) atoms. The first-order chi connectivity index (χ1) is 10.0. The van der Waals surface area contributed by atoms with Gasteiger partial charge in [0.05, 0.1) is 12.0 Å². The van der Waals surface area contributed by atoms with Crippen LogP contribution in [0.25, 0.3) is 0 Å². The Morgan fingerprint density at radius 2 is 2.19 bits per heavy atom. The molecule has 0 aromatic heterocycles. The van der Waals surface area contributed by atoms with Crippen molar-refractivity contribution in [3.8, 4) is 5.75 Å². The molecule has 116 valence electrons. The Hall–Kier alpha value is -1.86. The molecule has 7 heteroatoms. The smallest absolute Gasteiger partial charge is 0.292 e. The lowest BCUT2D eigenvalue weighted by atomic mass is 10.1. The van der Waals surface area contributed by atoms with Gasteiger partial charge in [-0.15, -0.1) is 0 Å². The maximum absolute atomic E-state index is 11.1. The minimum atomic E-state index is -0.377. The van der Waals surface area contributed by atoms with Gasteiger partial charge in [-0.2, -0.15) is 0 Å². The van der Waals surface area contributed by atoms with Crippen molar-refractivity contribution in [2.75, 3.05) is 52.7 Å². The summed E-state index contributed by atoms with van der Waals surface area (Å²) >= 11 is 0. The van der Waals surface area contributed by atoms with Crippen LogP contribution in [0, 0.1) is 10.1 Å². The second kappa shape index (κ2) is 6.73. The van der Waals surface area contributed by atoms with E-state index in [2.05, 4.69) is 29.2 Å². The molecule has 0 spiro atoms. The van der Waals surface area contributed by atoms with Crippen LogP contribution in [-0.2, 0) is 0 Å². The highest BCUT2D eigenvalue weighted by molar-refractivity contribution is 5.64. The second-order valence-electron chi connectivity index (χ2n) is 5.42. The topological polar surface area (TPSA) is 70.9 Å². The van der Waals surface area contributed by atoms with E-state index in [0.717, 1.165) is 19.6 Å². The molecule has 1 unspecified atom stereocenters. The van der Waals surface area contributed by atoms with Crippen molar-refractivity contribution >= 4 is 11.4 Å². The third kappa shape index (κ3) is 3.83. The third-order valence-electron chi connectivity index (χ3n) is 3.91. The largest absolute Gasteiger partial charge is 0.497 e. The monoisotopic (exact) mass is 294 g/mol. The van der Waals surface area contributed by atoms with Gasteiger partial charge >= 0.3 is 0 Å². The maximum Gasteiger partial charge on any atom is 0.292 e. The average molecular weight is 294 g/mol. The molecule has 0 aliphatic carbocycles. The minimum absolute atomic E-state index is 0.0719. The fourth-order valence-electron chi connectivity index (χ4n) is 2.49. The molecular weight excluding hydrogens is 272 g/mol. The van der Waals surface area contributed by atoms with Gasteiger partial charge < -0.3 is 15.0 Å². The molecule has 2 rings (SSSR count). The standard InChI is InChI=1S/C14H22N4O3/c1-16-6-7-17(2)11(10-16)9-15-13-8-12(21-3)4-5-14(13)18(19)20/h4-5,8,11,15H,6-7,9-10H2,1-3H3. The summed E-state index contributed by atoms with van der Waals surface area (Å²) < 4.78 is 5.14. The Bertz CT molecular complexity index is 509. The van der Waals surface area contributed by atoms with Gasteiger partial charge in [-0.05, 0) is 20.2 Å². The molecule has 0 radical (unpaired) electrons. The van der Waals surface area contributed by atoms with E-state index in [1.807, 2.05) is 0 Å². The van der Waals surface area contributed by atoms with Crippen LogP contribution >= 0.6 is 0 Å². The van der Waals surface area contributed by atoms with Crippen LogP contribution in [0.5, 0.6) is 5.75 Å². The van der Waals surface area contributed by atoms with E-state index in [0.29, 0.717) is 24.0 Å². The number of nitro groups is 1. The Labute approximate surface area is 124 Å². The van der Waals surface area contributed by atoms with Crippen LogP contribution < -0.4 is 10.1 Å². The summed E-state index contributed by atoms with van der Waals surface area (Å²) in [5, 5.41) is 14.3. The number of nitrogens with one attached hydrogen (secondary N) is 1. The fourth-order valence-corrected chi connectivity index (χ4v) is 2.49. The van der Waals surface area contributed by atoms with Gasteiger partial charge in [0, 0.05) is 44.4 Å². The maximum atomic E-state index is 11.1. The predicted molar refractivity (Wildman–Crippen MR) is 82.1 cm³/mol. The van der Waals surface area contributed by atoms with Gasteiger partial charge in [0.1, 0.15) is 11.4 Å². The summed E-state index contributed by atoms with van der Waals surface area (Å²) in [5.74, 6) is 0.609. The summed E-state index contributed by atoms with van der Waals surface area (Å²) in [7, 11) is 5.72. The van der Waals surface area contributed by atoms with Crippen molar-refractivity contribution in [3.63, 3.8) is 0 Å². The van der Waals surface area contributed by atoms with E-state index in [9.17, 15) is 10.1 Å². The summed E-state index contributed by atoms with van der Waals surface area (Å²) in [6.45, 7) is 3.66. The zero-order valence-corrected chi connectivity index (χ0v) is 12.7. The van der Waals surface area contributed by atoms with E-state index in [1.165, 1.54) is 6.07 Å². The van der Waals surface area contributed by atoms with E-state index in [1.54, 1.807) is 19.2 Å². The van der Waals surface area contributed by atoms with Gasteiger partial charge in [-0.3, -0.25) is 15.0 Å². The molecular formula is C14H22N4O3. The van der Waals surface area contributed by atoms with Crippen molar-refractivity contribution in [1.82, 2.24) is 9.80 Å². The SMILES string of the molecule is COc1ccc([N+](=O)[O-])c(NCC2CN(C)CCN2C)c1. The first-order valence-electron chi connectivity index (χ1n) is 6.96. The summed E-state index contributed by atoms with van der Waals surface area (Å²) in [6, 6.07) is 5.07. The molecule has 1 fully saturated rings. The lowest BCUT2D eigenvalue weighted by Crippen LogP contribution is -2.52. The lowest BCUT2D eigenvalue weighted by molar-refractivity contribution is -0.384. The quantitative estimate of drug-likeness (QED) is 0.651. The number of benzene rings is 1. The Morgan fingerprint density at radius 3 is 2.86 bits per heavy atom. The van der Waals surface area contributed by atoms with Crippen LogP contribution in [0.15, 0.2) is 18.2 Å². The van der Waals surface area contributed by atoms with Gasteiger partial charge in [0.2, 0.25) is 0 Å². The van der Waals surface area contributed by atoms with Gasteiger partial charge in [0.15, 0.2) is 0 Å². The number of anilines is 1. The van der Waals surface area contributed by atoms with Crippen LogP contribution in [-0.4, -0.2) is 68.1 Å². The fraction of sp³-hybridized carbons (Fsp3) is 0.571. The molecule has 1 atom stereocenters. The zero-order valence-electron chi connectivity index (χ0n) is 12.7. The summed E-state index contributed by atoms with van der Waals surface area (Å²) in [5.41, 5.74) is 0.573. The Kier molecular flexibility index (Phi) is 4.98. The third-order valence-corrected chi connectivity index (χ3v) is 3.91. The molecule has 1 aliphatic rings. The first kappa shape index (κ1) is 15.5. The average Bonchev–Trinajstić information content (AvgIpc) is 2.47. The molecule has 0 amide bonds. The van der Waals surface area contributed by atoms with Gasteiger partial charge in [-0.25, -0.2) is 0 Å². The highest BCUT2D eigenvalue weighted by Gasteiger charge is 2.23. The molecule has 1 aromatic carbocycles. The number of likely N-dealkylation sites (N-methyl/N-ethyl adjacent to an activating group) is 2. The number of hydrogen-bond donors (Lipinski definition) is 1. The second-order valence-corrected chi connectivity index (χ2v) is 5.42. The highest BCUT2D eigenvalue weighted by atomic mass is 16.6. The number of hydrogen-bond acceptors (Lipinski definition) is 6. The number of ether oxygens (including phenoxy) is 1. The van der Waals surface area contributed by atoms with Gasteiger partial charge in [-0.1, -0.05) is 0 Å².